The Balaban J connectivity index is 1.59. The summed E-state index contributed by atoms with van der Waals surface area (Å²) in [5.74, 6) is 0.951. The highest BCUT2D eigenvalue weighted by atomic mass is 32.1. The van der Waals surface area contributed by atoms with E-state index in [4.69, 9.17) is 0 Å². The van der Waals surface area contributed by atoms with Crippen LogP contribution in [0.5, 0.6) is 0 Å². The van der Waals surface area contributed by atoms with E-state index in [1.54, 1.807) is 15.9 Å². The standard InChI is InChI=1S/C25H27N3O2S/c1-17(2)15-27-24(23-14-20-9-4-5-10-22(20)31-23)26-28(25(27)30)16-21(29)12-11-19-8-6-7-18(3)13-19/h4-10,13-14,17H,11-12,15-16H2,1-3H3. The summed E-state index contributed by atoms with van der Waals surface area (Å²) in [6.45, 7) is 6.77. The first-order valence-corrected chi connectivity index (χ1v) is 11.5. The van der Waals surface area contributed by atoms with Gasteiger partial charge in [0.05, 0.1) is 4.88 Å². The van der Waals surface area contributed by atoms with E-state index in [-0.39, 0.29) is 18.0 Å². The van der Waals surface area contributed by atoms with Gasteiger partial charge in [-0.1, -0.05) is 61.9 Å². The zero-order valence-electron chi connectivity index (χ0n) is 18.2. The molecule has 0 radical (unpaired) electrons. The van der Waals surface area contributed by atoms with E-state index in [0.29, 0.717) is 31.1 Å². The fourth-order valence-corrected chi connectivity index (χ4v) is 4.80. The van der Waals surface area contributed by atoms with E-state index in [9.17, 15) is 9.59 Å². The number of rotatable bonds is 8. The molecule has 2 aromatic heterocycles. The van der Waals surface area contributed by atoms with Gasteiger partial charge in [-0.2, -0.15) is 0 Å². The predicted molar refractivity (Wildman–Crippen MR) is 127 cm³/mol. The molecule has 0 aliphatic rings. The van der Waals surface area contributed by atoms with Gasteiger partial charge in [0.2, 0.25) is 0 Å². The number of nitrogens with zero attached hydrogens (tertiary/aromatic N) is 3. The molecule has 0 saturated heterocycles. The number of hydrogen-bond acceptors (Lipinski definition) is 4. The van der Waals surface area contributed by atoms with Crippen molar-refractivity contribution in [3.63, 3.8) is 0 Å². The summed E-state index contributed by atoms with van der Waals surface area (Å²) in [5.41, 5.74) is 2.10. The van der Waals surface area contributed by atoms with Crippen LogP contribution in [0.4, 0.5) is 0 Å². The van der Waals surface area contributed by atoms with Crippen molar-refractivity contribution < 1.29 is 4.79 Å². The molecular formula is C25H27N3O2S. The topological polar surface area (TPSA) is 56.9 Å². The highest BCUT2D eigenvalue weighted by Gasteiger charge is 2.19. The molecule has 160 valence electrons. The maximum absolute atomic E-state index is 13.1. The number of benzene rings is 2. The Morgan fingerprint density at radius 2 is 1.90 bits per heavy atom. The van der Waals surface area contributed by atoms with Gasteiger partial charge < -0.3 is 0 Å². The molecule has 0 atom stereocenters. The van der Waals surface area contributed by atoms with Gasteiger partial charge >= 0.3 is 5.69 Å². The van der Waals surface area contributed by atoms with Gasteiger partial charge in [-0.15, -0.1) is 16.4 Å². The summed E-state index contributed by atoms with van der Waals surface area (Å²) in [5, 5.41) is 5.73. The minimum atomic E-state index is -0.218. The van der Waals surface area contributed by atoms with Crippen molar-refractivity contribution in [2.24, 2.45) is 5.92 Å². The van der Waals surface area contributed by atoms with Crippen molar-refractivity contribution in [3.05, 3.63) is 76.2 Å². The van der Waals surface area contributed by atoms with Crippen LogP contribution in [0, 0.1) is 12.8 Å². The van der Waals surface area contributed by atoms with Crippen molar-refractivity contribution in [1.29, 1.82) is 0 Å². The molecule has 0 spiro atoms. The van der Waals surface area contributed by atoms with E-state index in [1.165, 1.54) is 10.2 Å². The summed E-state index contributed by atoms with van der Waals surface area (Å²) >= 11 is 1.62. The van der Waals surface area contributed by atoms with Crippen LogP contribution in [0.15, 0.2) is 59.4 Å². The molecule has 4 rings (SSSR count). The molecule has 6 heteroatoms. The summed E-state index contributed by atoms with van der Waals surface area (Å²) < 4.78 is 4.20. The Bertz CT molecular complexity index is 1250. The lowest BCUT2D eigenvalue weighted by Crippen LogP contribution is -2.29. The summed E-state index contributed by atoms with van der Waals surface area (Å²) in [7, 11) is 0. The monoisotopic (exact) mass is 433 g/mol. The van der Waals surface area contributed by atoms with E-state index in [1.807, 2.05) is 37.3 Å². The van der Waals surface area contributed by atoms with Gasteiger partial charge in [-0.05, 0) is 42.3 Å². The third-order valence-electron chi connectivity index (χ3n) is 5.22. The predicted octanol–water partition coefficient (Wildman–Crippen LogP) is 5.09. The first kappa shape index (κ1) is 21.2. The molecule has 4 aromatic rings. The molecule has 31 heavy (non-hydrogen) atoms. The third-order valence-corrected chi connectivity index (χ3v) is 6.33. The van der Waals surface area contributed by atoms with E-state index < -0.39 is 0 Å². The molecule has 0 aliphatic heterocycles. The van der Waals surface area contributed by atoms with Crippen molar-refractivity contribution >= 4 is 27.2 Å². The number of carbonyl (C=O) groups excluding carboxylic acids is 1. The van der Waals surface area contributed by atoms with Gasteiger partial charge in [-0.3, -0.25) is 9.36 Å². The lowest BCUT2D eigenvalue weighted by Gasteiger charge is -2.06. The molecule has 0 N–H and O–H groups in total. The van der Waals surface area contributed by atoms with Crippen LogP contribution < -0.4 is 5.69 Å². The Morgan fingerprint density at radius 1 is 1.10 bits per heavy atom. The molecule has 0 aliphatic carbocycles. The van der Waals surface area contributed by atoms with Gasteiger partial charge in [0.1, 0.15) is 6.54 Å². The molecule has 5 nitrogen and oxygen atoms in total. The van der Waals surface area contributed by atoms with Crippen LogP contribution in [0.25, 0.3) is 20.8 Å². The maximum atomic E-state index is 13.1. The summed E-state index contributed by atoms with van der Waals surface area (Å²) in [4.78, 5) is 26.7. The smallest absolute Gasteiger partial charge is 0.298 e. The average molecular weight is 434 g/mol. The lowest BCUT2D eigenvalue weighted by molar-refractivity contribution is -0.119. The van der Waals surface area contributed by atoms with E-state index in [0.717, 1.165) is 20.5 Å². The Labute approximate surface area is 186 Å². The van der Waals surface area contributed by atoms with E-state index in [2.05, 4.69) is 43.2 Å². The van der Waals surface area contributed by atoms with Gasteiger partial charge in [-0.25, -0.2) is 9.48 Å². The Hall–Kier alpha value is -2.99. The second kappa shape index (κ2) is 9.02. The van der Waals surface area contributed by atoms with Crippen LogP contribution in [-0.4, -0.2) is 20.1 Å². The molecule has 0 amide bonds. The zero-order chi connectivity index (χ0) is 22.0. The number of ketones is 1. The molecule has 2 aromatic carbocycles. The fourth-order valence-electron chi connectivity index (χ4n) is 3.75. The third kappa shape index (κ3) is 4.85. The zero-order valence-corrected chi connectivity index (χ0v) is 19.0. The first-order chi connectivity index (χ1) is 14.9. The minimum Gasteiger partial charge on any atom is -0.298 e. The number of thiophene rings is 1. The molecular weight excluding hydrogens is 406 g/mol. The normalized spacial score (nSPS) is 11.5. The number of hydrogen-bond donors (Lipinski definition) is 0. The minimum absolute atomic E-state index is 0.00758. The van der Waals surface area contributed by atoms with Gasteiger partial charge in [0.25, 0.3) is 0 Å². The molecule has 2 heterocycles. The SMILES string of the molecule is Cc1cccc(CCC(=O)Cn2nc(-c3cc4ccccc4s3)n(CC(C)C)c2=O)c1. The highest BCUT2D eigenvalue weighted by Crippen LogP contribution is 2.32. The van der Waals surface area contributed by atoms with Crippen molar-refractivity contribution in [1.82, 2.24) is 14.3 Å². The van der Waals surface area contributed by atoms with Crippen molar-refractivity contribution in [2.45, 2.75) is 46.7 Å². The number of Topliss-reactive ketones (excluding diaryl/α,β-unsaturated/α-hetero) is 1. The second-order valence-corrected chi connectivity index (χ2v) is 9.53. The quantitative estimate of drug-likeness (QED) is 0.389. The van der Waals surface area contributed by atoms with E-state index >= 15 is 0 Å². The number of aryl methyl sites for hydroxylation is 2. The van der Waals surface area contributed by atoms with Crippen molar-refractivity contribution in [2.75, 3.05) is 0 Å². The first-order valence-electron chi connectivity index (χ1n) is 10.6. The van der Waals surface area contributed by atoms with Crippen LogP contribution in [0.1, 0.15) is 31.4 Å². The lowest BCUT2D eigenvalue weighted by atomic mass is 10.1. The molecule has 0 fully saturated rings. The largest absolute Gasteiger partial charge is 0.346 e. The number of carbonyl (C=O) groups is 1. The van der Waals surface area contributed by atoms with Crippen molar-refractivity contribution in [3.8, 4) is 10.7 Å². The number of aromatic nitrogens is 3. The molecule has 0 bridgehead atoms. The van der Waals surface area contributed by atoms with Gasteiger partial charge in [0.15, 0.2) is 11.6 Å². The van der Waals surface area contributed by atoms with Crippen LogP contribution >= 0.6 is 11.3 Å². The Kier molecular flexibility index (Phi) is 6.18. The van der Waals surface area contributed by atoms with Gasteiger partial charge in [0, 0.05) is 17.7 Å². The fraction of sp³-hybridized carbons (Fsp3) is 0.320. The molecule has 0 saturated carbocycles. The van der Waals surface area contributed by atoms with Crippen LogP contribution in [0.2, 0.25) is 0 Å². The highest BCUT2D eigenvalue weighted by molar-refractivity contribution is 7.22. The Morgan fingerprint density at radius 3 is 2.65 bits per heavy atom. The summed E-state index contributed by atoms with van der Waals surface area (Å²) in [6, 6.07) is 18.4. The van der Waals surface area contributed by atoms with Crippen LogP contribution in [-0.2, 0) is 24.3 Å². The number of fused-ring (bicyclic) bond motifs is 1. The molecule has 0 unspecified atom stereocenters. The van der Waals surface area contributed by atoms with Crippen LogP contribution in [0.3, 0.4) is 0 Å². The average Bonchev–Trinajstić information content (AvgIpc) is 3.28. The summed E-state index contributed by atoms with van der Waals surface area (Å²) in [6.07, 6.45) is 1.07. The maximum Gasteiger partial charge on any atom is 0.346 e. The second-order valence-electron chi connectivity index (χ2n) is 8.44.